The van der Waals surface area contributed by atoms with Crippen molar-refractivity contribution >= 4 is 27.7 Å². The van der Waals surface area contributed by atoms with E-state index in [4.69, 9.17) is 5.21 Å². The van der Waals surface area contributed by atoms with Gasteiger partial charge in [0.2, 0.25) is 10.0 Å². The molecule has 27 heavy (non-hydrogen) atoms. The maximum atomic E-state index is 12.9. The van der Waals surface area contributed by atoms with Gasteiger partial charge in [-0.2, -0.15) is 4.31 Å². The fourth-order valence-corrected chi connectivity index (χ4v) is 4.44. The number of para-hydroxylation sites is 1. The number of carbonyl (C=O) groups is 1. The number of hydrogen-bond acceptors (Lipinski definition) is 5. The Kier molecular flexibility index (Phi) is 5.90. The highest BCUT2D eigenvalue weighted by Gasteiger charge is 2.28. The molecule has 142 valence electrons. The minimum atomic E-state index is -3.61. The molecule has 1 fully saturated rings. The molecule has 3 rings (SSSR count). The molecular formula is C19H21N3O4S. The number of sulfonamides is 1. The molecule has 1 saturated heterocycles. The van der Waals surface area contributed by atoms with Gasteiger partial charge in [0, 0.05) is 37.9 Å². The van der Waals surface area contributed by atoms with Crippen molar-refractivity contribution in [2.75, 3.05) is 31.1 Å². The lowest BCUT2D eigenvalue weighted by atomic mass is 10.2. The van der Waals surface area contributed by atoms with E-state index in [-0.39, 0.29) is 4.90 Å². The Morgan fingerprint density at radius 1 is 1.00 bits per heavy atom. The highest BCUT2D eigenvalue weighted by molar-refractivity contribution is 7.89. The third-order valence-electron chi connectivity index (χ3n) is 4.39. The molecule has 0 bridgehead atoms. The lowest BCUT2D eigenvalue weighted by Gasteiger charge is -2.35. The first-order valence-electron chi connectivity index (χ1n) is 8.53. The molecule has 2 aromatic rings. The minimum Gasteiger partial charge on any atom is -0.369 e. The standard InChI is InChI=1S/C19H21N3O4S/c23-19(20-24)10-9-16-5-4-8-18(15-16)27(25,26)22-13-11-21(12-14-22)17-6-2-1-3-7-17/h1-10,15,24H,11-14H2,(H,20,23). The molecule has 8 heteroatoms. The summed E-state index contributed by atoms with van der Waals surface area (Å²) in [5, 5.41) is 8.51. The van der Waals surface area contributed by atoms with E-state index in [2.05, 4.69) is 4.90 Å². The SMILES string of the molecule is O=C(C=Cc1cccc(S(=O)(=O)N2CCN(c3ccccc3)CC2)c1)NO. The second-order valence-corrected chi connectivity index (χ2v) is 8.05. The number of nitrogens with zero attached hydrogens (tertiary/aromatic N) is 2. The van der Waals surface area contributed by atoms with E-state index in [1.807, 2.05) is 30.3 Å². The number of carbonyl (C=O) groups excluding carboxylic acids is 1. The van der Waals surface area contributed by atoms with Gasteiger partial charge in [-0.25, -0.2) is 13.9 Å². The summed E-state index contributed by atoms with van der Waals surface area (Å²) in [6.45, 7) is 2.06. The topological polar surface area (TPSA) is 90.0 Å². The third-order valence-corrected chi connectivity index (χ3v) is 6.29. The maximum Gasteiger partial charge on any atom is 0.267 e. The van der Waals surface area contributed by atoms with Crippen LogP contribution in [-0.4, -0.2) is 50.0 Å². The van der Waals surface area contributed by atoms with Gasteiger partial charge < -0.3 is 4.90 Å². The molecule has 1 aliphatic heterocycles. The summed E-state index contributed by atoms with van der Waals surface area (Å²) in [5.41, 5.74) is 3.14. The third kappa shape index (κ3) is 4.54. The highest BCUT2D eigenvalue weighted by Crippen LogP contribution is 2.22. The van der Waals surface area contributed by atoms with Crippen molar-refractivity contribution in [3.05, 3.63) is 66.2 Å². The smallest absolute Gasteiger partial charge is 0.267 e. The zero-order valence-corrected chi connectivity index (χ0v) is 15.5. The van der Waals surface area contributed by atoms with Crippen LogP contribution < -0.4 is 10.4 Å². The molecule has 0 unspecified atom stereocenters. The number of amides is 1. The molecule has 0 saturated carbocycles. The molecule has 0 radical (unpaired) electrons. The van der Waals surface area contributed by atoms with E-state index in [9.17, 15) is 13.2 Å². The number of hydroxylamine groups is 1. The van der Waals surface area contributed by atoms with Gasteiger partial charge in [0.1, 0.15) is 0 Å². The van der Waals surface area contributed by atoms with Gasteiger partial charge in [0.15, 0.2) is 0 Å². The summed E-state index contributed by atoms with van der Waals surface area (Å²) < 4.78 is 27.4. The van der Waals surface area contributed by atoms with Crippen LogP contribution in [0.3, 0.4) is 0 Å². The van der Waals surface area contributed by atoms with Crippen LogP contribution >= 0.6 is 0 Å². The van der Waals surface area contributed by atoms with Crippen molar-refractivity contribution in [2.45, 2.75) is 4.90 Å². The van der Waals surface area contributed by atoms with Crippen molar-refractivity contribution in [1.82, 2.24) is 9.79 Å². The van der Waals surface area contributed by atoms with Crippen LogP contribution in [0.25, 0.3) is 6.08 Å². The number of anilines is 1. The van der Waals surface area contributed by atoms with Gasteiger partial charge in [0.05, 0.1) is 4.90 Å². The van der Waals surface area contributed by atoms with Crippen molar-refractivity contribution in [2.24, 2.45) is 0 Å². The van der Waals surface area contributed by atoms with E-state index in [0.717, 1.165) is 11.8 Å². The molecule has 2 aromatic carbocycles. The second-order valence-electron chi connectivity index (χ2n) is 6.11. The average molecular weight is 387 g/mol. The maximum absolute atomic E-state index is 12.9. The zero-order chi connectivity index (χ0) is 19.3. The van der Waals surface area contributed by atoms with E-state index in [1.165, 1.54) is 21.9 Å². The Morgan fingerprint density at radius 3 is 2.37 bits per heavy atom. The molecule has 2 N–H and O–H groups in total. The summed E-state index contributed by atoms with van der Waals surface area (Å²) in [5.74, 6) is -0.680. The van der Waals surface area contributed by atoms with E-state index >= 15 is 0 Å². The molecule has 1 heterocycles. The van der Waals surface area contributed by atoms with Crippen molar-refractivity contribution in [3.63, 3.8) is 0 Å². The lowest BCUT2D eigenvalue weighted by molar-refractivity contribution is -0.124. The first kappa shape index (κ1) is 19.1. The number of rotatable bonds is 5. The number of nitrogens with one attached hydrogen (secondary N) is 1. The van der Waals surface area contributed by atoms with Gasteiger partial charge in [-0.15, -0.1) is 0 Å². The van der Waals surface area contributed by atoms with Crippen molar-refractivity contribution < 1.29 is 18.4 Å². The molecule has 0 atom stereocenters. The van der Waals surface area contributed by atoms with Gasteiger partial charge >= 0.3 is 0 Å². The van der Waals surface area contributed by atoms with Gasteiger partial charge in [-0.05, 0) is 35.9 Å². The van der Waals surface area contributed by atoms with Crippen LogP contribution in [0.2, 0.25) is 0 Å². The average Bonchev–Trinajstić information content (AvgIpc) is 2.73. The number of benzene rings is 2. The molecule has 1 amide bonds. The first-order chi connectivity index (χ1) is 13.0. The zero-order valence-electron chi connectivity index (χ0n) is 14.7. The normalized spacial score (nSPS) is 15.8. The summed E-state index contributed by atoms with van der Waals surface area (Å²) in [6.07, 6.45) is 2.57. The Hall–Kier alpha value is -2.68. The largest absolute Gasteiger partial charge is 0.369 e. The number of hydrogen-bond donors (Lipinski definition) is 2. The Bertz CT molecular complexity index is 921. The van der Waals surface area contributed by atoms with Crippen LogP contribution in [0, 0.1) is 0 Å². The van der Waals surface area contributed by atoms with E-state index in [1.54, 1.807) is 18.2 Å². The molecule has 0 spiro atoms. The lowest BCUT2D eigenvalue weighted by Crippen LogP contribution is -2.48. The van der Waals surface area contributed by atoms with Crippen molar-refractivity contribution in [1.29, 1.82) is 0 Å². The summed E-state index contributed by atoms with van der Waals surface area (Å²) >= 11 is 0. The molecular weight excluding hydrogens is 366 g/mol. The quantitative estimate of drug-likeness (QED) is 0.463. The van der Waals surface area contributed by atoms with E-state index < -0.39 is 15.9 Å². The minimum absolute atomic E-state index is 0.183. The fraction of sp³-hybridized carbons (Fsp3) is 0.211. The Balaban J connectivity index is 1.72. The Labute approximate surface area is 158 Å². The first-order valence-corrected chi connectivity index (χ1v) is 9.97. The summed E-state index contributed by atoms with van der Waals surface area (Å²) in [7, 11) is -3.61. The van der Waals surface area contributed by atoms with Gasteiger partial charge in [-0.1, -0.05) is 30.3 Å². The molecule has 0 aliphatic carbocycles. The molecule has 7 nitrogen and oxygen atoms in total. The van der Waals surface area contributed by atoms with E-state index in [0.29, 0.717) is 31.7 Å². The van der Waals surface area contributed by atoms with Gasteiger partial charge in [-0.3, -0.25) is 10.0 Å². The Morgan fingerprint density at radius 2 is 1.70 bits per heavy atom. The van der Waals surface area contributed by atoms with Crippen LogP contribution in [0.4, 0.5) is 5.69 Å². The van der Waals surface area contributed by atoms with Gasteiger partial charge in [0.25, 0.3) is 5.91 Å². The van der Waals surface area contributed by atoms with Crippen LogP contribution in [0.1, 0.15) is 5.56 Å². The summed E-state index contributed by atoms with van der Waals surface area (Å²) in [4.78, 5) is 13.4. The molecule has 0 aromatic heterocycles. The molecule has 1 aliphatic rings. The van der Waals surface area contributed by atoms with Crippen LogP contribution in [0.15, 0.2) is 65.6 Å². The summed E-state index contributed by atoms with van der Waals surface area (Å²) in [6, 6.07) is 16.3. The number of piperazine rings is 1. The monoisotopic (exact) mass is 387 g/mol. The van der Waals surface area contributed by atoms with Crippen LogP contribution in [0.5, 0.6) is 0 Å². The van der Waals surface area contributed by atoms with Crippen LogP contribution in [-0.2, 0) is 14.8 Å². The second kappa shape index (κ2) is 8.34. The van der Waals surface area contributed by atoms with Crippen molar-refractivity contribution in [3.8, 4) is 0 Å². The highest BCUT2D eigenvalue weighted by atomic mass is 32.2. The predicted molar refractivity (Wildman–Crippen MR) is 103 cm³/mol. The fourth-order valence-electron chi connectivity index (χ4n) is 2.96. The predicted octanol–water partition coefficient (Wildman–Crippen LogP) is 1.72.